The second kappa shape index (κ2) is 8.53. The van der Waals surface area contributed by atoms with Gasteiger partial charge in [0.25, 0.3) is 0 Å². The topological polar surface area (TPSA) is 26.3 Å². The van der Waals surface area contributed by atoms with Crippen LogP contribution in [0.25, 0.3) is 0 Å². The Hall–Kier alpha value is -0.570. The van der Waals surface area contributed by atoms with Crippen LogP contribution in [0.3, 0.4) is 0 Å². The molecule has 0 aliphatic rings. The van der Waals surface area contributed by atoms with Crippen LogP contribution in [0.15, 0.2) is 24.3 Å². The second-order valence-electron chi connectivity index (χ2n) is 2.10. The molecule has 0 rings (SSSR count). The van der Waals surface area contributed by atoms with Crippen LogP contribution in [0.4, 0.5) is 0 Å². The van der Waals surface area contributed by atoms with Crippen molar-refractivity contribution in [1.29, 1.82) is 0 Å². The van der Waals surface area contributed by atoms with Gasteiger partial charge in [-0.05, 0) is 13.3 Å². The van der Waals surface area contributed by atoms with Gasteiger partial charge in [-0.3, -0.25) is 4.79 Å². The fourth-order valence-corrected chi connectivity index (χ4v) is 0.727. The van der Waals surface area contributed by atoms with Gasteiger partial charge in [-0.25, -0.2) is 0 Å². The Labute approximate surface area is 81.4 Å². The first-order valence-corrected chi connectivity index (χ1v) is 4.92. The summed E-state index contributed by atoms with van der Waals surface area (Å²) in [5, 5.41) is 0.269. The molecule has 0 aliphatic carbocycles. The number of ether oxygens (including phenoxy) is 1. The van der Waals surface area contributed by atoms with Crippen LogP contribution in [0.2, 0.25) is 0 Å². The van der Waals surface area contributed by atoms with Crippen molar-refractivity contribution in [3.8, 4) is 0 Å². The zero-order valence-corrected chi connectivity index (χ0v) is 8.71. The first kappa shape index (κ1) is 11.4. The van der Waals surface area contributed by atoms with Gasteiger partial charge in [0.05, 0.1) is 6.61 Å². The smallest absolute Gasteiger partial charge is 0.316 e. The molecule has 0 aromatic carbocycles. The average Bonchev–Trinajstić information content (AvgIpc) is 2.10. The Morgan fingerprint density at radius 3 is 2.83 bits per heavy atom. The van der Waals surface area contributed by atoms with Crippen molar-refractivity contribution in [2.75, 3.05) is 11.9 Å². The molecule has 0 aliphatic heterocycles. The van der Waals surface area contributed by atoms with Gasteiger partial charge in [0.2, 0.25) is 0 Å². The first-order valence-electron chi connectivity index (χ1n) is 3.80. The summed E-state index contributed by atoms with van der Waals surface area (Å²) in [5.41, 5.74) is 0. The zero-order chi connectivity index (χ0) is 9.23. The SMILES string of the molecule is C/C=C/C=C/CCOC(=O)CBr. The summed E-state index contributed by atoms with van der Waals surface area (Å²) >= 11 is 3.01. The van der Waals surface area contributed by atoms with E-state index in [0.717, 1.165) is 6.42 Å². The maximum absolute atomic E-state index is 10.6. The van der Waals surface area contributed by atoms with Crippen molar-refractivity contribution in [2.45, 2.75) is 13.3 Å². The molecule has 0 amide bonds. The van der Waals surface area contributed by atoms with E-state index in [-0.39, 0.29) is 11.3 Å². The molecular weight excluding hydrogens is 220 g/mol. The lowest BCUT2D eigenvalue weighted by molar-refractivity contribution is -0.140. The fourth-order valence-electron chi connectivity index (χ4n) is 0.565. The summed E-state index contributed by atoms with van der Waals surface area (Å²) in [6, 6.07) is 0. The van der Waals surface area contributed by atoms with Crippen LogP contribution in [0.1, 0.15) is 13.3 Å². The van der Waals surface area contributed by atoms with Crippen LogP contribution in [-0.4, -0.2) is 17.9 Å². The first-order chi connectivity index (χ1) is 5.81. The normalized spacial score (nSPS) is 11.2. The highest BCUT2D eigenvalue weighted by atomic mass is 79.9. The van der Waals surface area contributed by atoms with E-state index in [1.54, 1.807) is 0 Å². The molecule has 0 unspecified atom stereocenters. The minimum atomic E-state index is -0.213. The van der Waals surface area contributed by atoms with Gasteiger partial charge in [-0.1, -0.05) is 40.2 Å². The second-order valence-corrected chi connectivity index (χ2v) is 2.66. The van der Waals surface area contributed by atoms with Crippen molar-refractivity contribution >= 4 is 21.9 Å². The molecule has 0 saturated carbocycles. The molecule has 0 N–H and O–H groups in total. The molecule has 68 valence electrons. The zero-order valence-electron chi connectivity index (χ0n) is 7.13. The summed E-state index contributed by atoms with van der Waals surface area (Å²) in [4.78, 5) is 10.6. The monoisotopic (exact) mass is 232 g/mol. The Balaban J connectivity index is 3.26. The minimum Gasteiger partial charge on any atom is -0.465 e. The number of hydrogen-bond donors (Lipinski definition) is 0. The molecule has 0 radical (unpaired) electrons. The van der Waals surface area contributed by atoms with Gasteiger partial charge in [0.1, 0.15) is 5.33 Å². The molecule has 0 heterocycles. The largest absolute Gasteiger partial charge is 0.465 e. The summed E-state index contributed by atoms with van der Waals surface area (Å²) in [6.45, 7) is 2.41. The Bertz CT molecular complexity index is 173. The average molecular weight is 233 g/mol. The number of alkyl halides is 1. The van der Waals surface area contributed by atoms with E-state index in [1.165, 1.54) is 0 Å². The summed E-state index contributed by atoms with van der Waals surface area (Å²) in [7, 11) is 0. The van der Waals surface area contributed by atoms with Crippen LogP contribution in [0, 0.1) is 0 Å². The maximum atomic E-state index is 10.6. The van der Waals surface area contributed by atoms with Gasteiger partial charge < -0.3 is 4.74 Å². The van der Waals surface area contributed by atoms with E-state index in [2.05, 4.69) is 15.9 Å². The van der Waals surface area contributed by atoms with Crippen molar-refractivity contribution in [1.82, 2.24) is 0 Å². The quantitative estimate of drug-likeness (QED) is 0.315. The number of allylic oxidation sites excluding steroid dienone is 3. The highest BCUT2D eigenvalue weighted by Crippen LogP contribution is 1.90. The highest BCUT2D eigenvalue weighted by Gasteiger charge is 1.95. The van der Waals surface area contributed by atoms with Crippen LogP contribution >= 0.6 is 15.9 Å². The Kier molecular flexibility index (Phi) is 8.12. The maximum Gasteiger partial charge on any atom is 0.316 e. The van der Waals surface area contributed by atoms with Gasteiger partial charge in [-0.15, -0.1) is 0 Å². The van der Waals surface area contributed by atoms with E-state index in [9.17, 15) is 4.79 Å². The molecule has 12 heavy (non-hydrogen) atoms. The van der Waals surface area contributed by atoms with Gasteiger partial charge >= 0.3 is 5.97 Å². The fraction of sp³-hybridized carbons (Fsp3) is 0.444. The van der Waals surface area contributed by atoms with Crippen LogP contribution in [-0.2, 0) is 9.53 Å². The van der Waals surface area contributed by atoms with E-state index in [0.29, 0.717) is 6.61 Å². The predicted octanol–water partition coefficient (Wildman–Crippen LogP) is 2.45. The lowest BCUT2D eigenvalue weighted by Crippen LogP contribution is -2.05. The predicted molar refractivity (Wildman–Crippen MR) is 53.3 cm³/mol. The van der Waals surface area contributed by atoms with Crippen molar-refractivity contribution in [2.24, 2.45) is 0 Å². The Morgan fingerprint density at radius 2 is 2.25 bits per heavy atom. The number of halogens is 1. The van der Waals surface area contributed by atoms with Gasteiger partial charge in [-0.2, -0.15) is 0 Å². The minimum absolute atomic E-state index is 0.213. The Morgan fingerprint density at radius 1 is 1.50 bits per heavy atom. The third-order valence-electron chi connectivity index (χ3n) is 1.10. The molecule has 0 atom stereocenters. The van der Waals surface area contributed by atoms with Crippen LogP contribution in [0.5, 0.6) is 0 Å². The van der Waals surface area contributed by atoms with Crippen molar-refractivity contribution in [3.05, 3.63) is 24.3 Å². The van der Waals surface area contributed by atoms with Crippen molar-refractivity contribution < 1.29 is 9.53 Å². The van der Waals surface area contributed by atoms with Gasteiger partial charge in [0.15, 0.2) is 0 Å². The lowest BCUT2D eigenvalue weighted by Gasteiger charge is -1.97. The third-order valence-corrected chi connectivity index (χ3v) is 1.55. The summed E-state index contributed by atoms with van der Waals surface area (Å²) < 4.78 is 4.81. The summed E-state index contributed by atoms with van der Waals surface area (Å²) in [5.74, 6) is -0.213. The van der Waals surface area contributed by atoms with Gasteiger partial charge in [0, 0.05) is 0 Å². The highest BCUT2D eigenvalue weighted by molar-refractivity contribution is 9.09. The number of carbonyl (C=O) groups is 1. The number of rotatable bonds is 5. The number of esters is 1. The van der Waals surface area contributed by atoms with E-state index >= 15 is 0 Å². The summed E-state index contributed by atoms with van der Waals surface area (Å²) in [6.07, 6.45) is 8.54. The van der Waals surface area contributed by atoms with E-state index < -0.39 is 0 Å². The molecule has 3 heteroatoms. The standard InChI is InChI=1S/C9H13BrO2/c1-2-3-4-5-6-7-12-9(11)8-10/h2-5H,6-8H2,1H3/b3-2+,5-4+. The lowest BCUT2D eigenvalue weighted by atomic mass is 10.4. The molecule has 0 bridgehead atoms. The number of carbonyl (C=O) groups excluding carboxylic acids is 1. The van der Waals surface area contributed by atoms with Crippen molar-refractivity contribution in [3.63, 3.8) is 0 Å². The molecule has 0 fully saturated rings. The molecular formula is C9H13BrO2. The molecule has 0 aromatic heterocycles. The van der Waals surface area contributed by atoms with E-state index in [1.807, 2.05) is 31.2 Å². The van der Waals surface area contributed by atoms with Crippen LogP contribution < -0.4 is 0 Å². The number of hydrogen-bond acceptors (Lipinski definition) is 2. The van der Waals surface area contributed by atoms with E-state index in [4.69, 9.17) is 4.74 Å². The molecule has 2 nitrogen and oxygen atoms in total. The molecule has 0 aromatic rings. The molecule has 0 spiro atoms. The molecule has 0 saturated heterocycles. The third kappa shape index (κ3) is 7.54.